The Morgan fingerprint density at radius 2 is 1.63 bits per heavy atom. The molecule has 0 bridgehead atoms. The van der Waals surface area contributed by atoms with E-state index in [9.17, 15) is 25.0 Å². The van der Waals surface area contributed by atoms with Gasteiger partial charge in [-0.15, -0.1) is 0 Å². The maximum absolute atomic E-state index is 12.8. The number of esters is 1. The number of carbonyl (C=O) groups is 2. The summed E-state index contributed by atoms with van der Waals surface area (Å²) >= 11 is 11.7. The number of nitrogens with zero attached hydrogens (tertiary/aromatic N) is 2. The van der Waals surface area contributed by atoms with E-state index in [2.05, 4.69) is 0 Å². The Kier molecular flexibility index (Phi) is 6.98. The number of nitro groups is 1. The number of benzene rings is 2. The van der Waals surface area contributed by atoms with Crippen LogP contribution in [-0.2, 0) is 9.53 Å². The third-order valence-electron chi connectivity index (χ3n) is 3.92. The first-order valence-corrected chi connectivity index (χ1v) is 9.32. The summed E-state index contributed by atoms with van der Waals surface area (Å²) in [5.74, 6) is -2.07. The molecule has 0 aromatic heterocycles. The van der Waals surface area contributed by atoms with Gasteiger partial charge in [0.1, 0.15) is 11.6 Å². The van der Waals surface area contributed by atoms with Crippen molar-refractivity contribution in [2.45, 2.75) is 20.8 Å². The molecule has 0 heterocycles. The molecule has 0 saturated heterocycles. The topological polar surface area (TPSA) is 110 Å². The second-order valence-electron chi connectivity index (χ2n) is 7.21. The Morgan fingerprint density at radius 3 is 2.13 bits per heavy atom. The van der Waals surface area contributed by atoms with Crippen molar-refractivity contribution in [1.29, 1.82) is 5.26 Å². The molecule has 0 fully saturated rings. The number of Topliss-reactive ketones (excluding diaryl/α,β-unsaturated/α-hetero) is 1. The predicted octanol–water partition coefficient (Wildman–Crippen LogP) is 5.61. The van der Waals surface area contributed by atoms with Gasteiger partial charge in [-0.1, -0.05) is 44.0 Å². The van der Waals surface area contributed by atoms with Crippen LogP contribution in [0.4, 0.5) is 5.69 Å². The minimum atomic E-state index is -1.01. The van der Waals surface area contributed by atoms with Gasteiger partial charge in [-0.2, -0.15) is 5.26 Å². The van der Waals surface area contributed by atoms with Crippen molar-refractivity contribution >= 4 is 46.4 Å². The molecule has 2 aromatic carbocycles. The standard InChI is InChI=1S/C21H16Cl2N2O5/c1-21(2,3)19(26)16(11-24)18(15-9-8-14(23)10-17(15)25(28)29)30-20(27)12-4-6-13(22)7-5-12/h4-10H,1-3H3. The number of nitriles is 1. The highest BCUT2D eigenvalue weighted by atomic mass is 35.5. The predicted molar refractivity (Wildman–Crippen MR) is 112 cm³/mol. The lowest BCUT2D eigenvalue weighted by Gasteiger charge is -2.18. The van der Waals surface area contributed by atoms with Gasteiger partial charge in [0.2, 0.25) is 0 Å². The molecule has 7 nitrogen and oxygen atoms in total. The summed E-state index contributed by atoms with van der Waals surface area (Å²) in [6, 6.07) is 11.0. The lowest BCUT2D eigenvalue weighted by molar-refractivity contribution is -0.385. The van der Waals surface area contributed by atoms with Crippen LogP contribution in [0.2, 0.25) is 10.0 Å². The Morgan fingerprint density at radius 1 is 1.07 bits per heavy atom. The van der Waals surface area contributed by atoms with E-state index >= 15 is 0 Å². The van der Waals surface area contributed by atoms with E-state index in [1.54, 1.807) is 26.8 Å². The van der Waals surface area contributed by atoms with Crippen molar-refractivity contribution < 1.29 is 19.2 Å². The van der Waals surface area contributed by atoms with Crippen LogP contribution in [0.1, 0.15) is 36.7 Å². The van der Waals surface area contributed by atoms with Crippen LogP contribution in [0, 0.1) is 26.9 Å². The first-order chi connectivity index (χ1) is 14.0. The van der Waals surface area contributed by atoms with Gasteiger partial charge in [-0.05, 0) is 36.4 Å². The number of allylic oxidation sites excluding steroid dienone is 1. The molecule has 0 atom stereocenters. The van der Waals surface area contributed by atoms with Gasteiger partial charge >= 0.3 is 5.97 Å². The molecule has 0 saturated carbocycles. The van der Waals surface area contributed by atoms with E-state index in [1.807, 2.05) is 0 Å². The SMILES string of the molecule is CC(C)(C)C(=O)C(C#N)=C(OC(=O)c1ccc(Cl)cc1)c1ccc(Cl)cc1[N+](=O)[O-]. The van der Waals surface area contributed by atoms with E-state index in [0.717, 1.165) is 6.07 Å². The second-order valence-corrected chi connectivity index (χ2v) is 8.08. The smallest absolute Gasteiger partial charge is 0.343 e. The van der Waals surface area contributed by atoms with Gasteiger partial charge in [0.05, 0.1) is 16.1 Å². The van der Waals surface area contributed by atoms with Crippen molar-refractivity contribution in [2.75, 3.05) is 0 Å². The molecule has 9 heteroatoms. The fraction of sp³-hybridized carbons (Fsp3) is 0.190. The van der Waals surface area contributed by atoms with Crippen LogP contribution >= 0.6 is 23.2 Å². The van der Waals surface area contributed by atoms with Crippen molar-refractivity contribution in [1.82, 2.24) is 0 Å². The summed E-state index contributed by atoms with van der Waals surface area (Å²) in [7, 11) is 0. The molecule has 0 aliphatic rings. The number of nitro benzene ring substituents is 1. The normalized spacial score (nSPS) is 11.9. The van der Waals surface area contributed by atoms with Gasteiger partial charge in [0, 0.05) is 21.5 Å². The molecule has 0 amide bonds. The van der Waals surface area contributed by atoms with Crippen LogP contribution < -0.4 is 0 Å². The van der Waals surface area contributed by atoms with Crippen molar-refractivity contribution in [3.8, 4) is 6.07 Å². The van der Waals surface area contributed by atoms with Gasteiger partial charge in [-0.25, -0.2) is 4.79 Å². The van der Waals surface area contributed by atoms with Crippen LogP contribution in [0.15, 0.2) is 48.0 Å². The second kappa shape index (κ2) is 9.08. The highest BCUT2D eigenvalue weighted by molar-refractivity contribution is 6.31. The molecular weight excluding hydrogens is 431 g/mol. The van der Waals surface area contributed by atoms with E-state index in [-0.39, 0.29) is 16.1 Å². The van der Waals surface area contributed by atoms with E-state index in [1.165, 1.54) is 36.4 Å². The number of halogens is 2. The van der Waals surface area contributed by atoms with Crippen LogP contribution in [-0.4, -0.2) is 16.7 Å². The van der Waals surface area contributed by atoms with Crippen LogP contribution in [0.5, 0.6) is 0 Å². The number of ether oxygens (including phenoxy) is 1. The Labute approximate surface area is 182 Å². The molecule has 154 valence electrons. The molecule has 0 radical (unpaired) electrons. The molecule has 0 unspecified atom stereocenters. The van der Waals surface area contributed by atoms with E-state index in [4.69, 9.17) is 27.9 Å². The summed E-state index contributed by atoms with van der Waals surface area (Å²) in [5, 5.41) is 21.7. The summed E-state index contributed by atoms with van der Waals surface area (Å²) in [5.41, 5.74) is -2.19. The first-order valence-electron chi connectivity index (χ1n) is 8.57. The van der Waals surface area contributed by atoms with Crippen molar-refractivity contribution in [2.24, 2.45) is 5.41 Å². The quantitative estimate of drug-likeness (QED) is 0.147. The number of hydrogen-bond donors (Lipinski definition) is 0. The largest absolute Gasteiger partial charge is 0.420 e. The lowest BCUT2D eigenvalue weighted by Crippen LogP contribution is -2.23. The molecule has 2 rings (SSSR count). The lowest BCUT2D eigenvalue weighted by atomic mass is 9.85. The molecule has 2 aromatic rings. The zero-order chi connectivity index (χ0) is 22.6. The fourth-order valence-electron chi connectivity index (χ4n) is 2.41. The Bertz CT molecular complexity index is 1090. The fourth-order valence-corrected chi connectivity index (χ4v) is 2.70. The maximum atomic E-state index is 12.8. The number of ketones is 1. The molecule has 0 aliphatic heterocycles. The Hall–Kier alpha value is -3.21. The highest BCUT2D eigenvalue weighted by Crippen LogP contribution is 2.34. The molecule has 0 aliphatic carbocycles. The minimum Gasteiger partial charge on any atom is -0.420 e. The van der Waals surface area contributed by atoms with E-state index < -0.39 is 39.1 Å². The Balaban J connectivity index is 2.74. The van der Waals surface area contributed by atoms with Gasteiger partial charge in [0.15, 0.2) is 11.5 Å². The molecule has 0 spiro atoms. The maximum Gasteiger partial charge on any atom is 0.343 e. The summed E-state index contributed by atoms with van der Waals surface area (Å²) in [4.78, 5) is 36.3. The van der Waals surface area contributed by atoms with Crippen LogP contribution in [0.3, 0.4) is 0 Å². The monoisotopic (exact) mass is 446 g/mol. The van der Waals surface area contributed by atoms with Crippen molar-refractivity contribution in [3.63, 3.8) is 0 Å². The number of hydrogen-bond acceptors (Lipinski definition) is 6. The average Bonchev–Trinajstić information content (AvgIpc) is 2.67. The molecule has 30 heavy (non-hydrogen) atoms. The number of carbonyl (C=O) groups excluding carboxylic acids is 2. The van der Waals surface area contributed by atoms with Crippen molar-refractivity contribution in [3.05, 3.63) is 79.3 Å². The minimum absolute atomic E-state index is 0.0643. The highest BCUT2D eigenvalue weighted by Gasteiger charge is 2.33. The average molecular weight is 447 g/mol. The van der Waals surface area contributed by atoms with Gasteiger partial charge in [-0.3, -0.25) is 14.9 Å². The summed E-state index contributed by atoms with van der Waals surface area (Å²) in [6.45, 7) is 4.71. The van der Waals surface area contributed by atoms with E-state index in [0.29, 0.717) is 5.02 Å². The van der Waals surface area contributed by atoms with Gasteiger partial charge in [0.25, 0.3) is 5.69 Å². The summed E-state index contributed by atoms with van der Waals surface area (Å²) in [6.07, 6.45) is 0. The number of rotatable bonds is 5. The first kappa shape index (κ1) is 23.1. The summed E-state index contributed by atoms with van der Waals surface area (Å²) < 4.78 is 5.37. The van der Waals surface area contributed by atoms with Gasteiger partial charge < -0.3 is 4.74 Å². The third kappa shape index (κ3) is 5.23. The zero-order valence-electron chi connectivity index (χ0n) is 16.2. The third-order valence-corrected chi connectivity index (χ3v) is 4.41. The molecular formula is C21H16Cl2N2O5. The molecule has 0 N–H and O–H groups in total. The van der Waals surface area contributed by atoms with Crippen LogP contribution in [0.25, 0.3) is 5.76 Å². The zero-order valence-corrected chi connectivity index (χ0v) is 17.7.